The van der Waals surface area contributed by atoms with Gasteiger partial charge in [-0.3, -0.25) is 4.90 Å². The van der Waals surface area contributed by atoms with Crippen LogP contribution in [0, 0.1) is 10.5 Å². The van der Waals surface area contributed by atoms with Crippen molar-refractivity contribution in [2.24, 2.45) is 0 Å². The van der Waals surface area contributed by atoms with Gasteiger partial charge in [0.1, 0.15) is 12.4 Å². The Morgan fingerprint density at radius 1 is 1.24 bits per heavy atom. The zero-order valence-corrected chi connectivity index (χ0v) is 17.4. The van der Waals surface area contributed by atoms with Gasteiger partial charge in [-0.05, 0) is 72.2 Å². The summed E-state index contributed by atoms with van der Waals surface area (Å²) in [6.07, 6.45) is 1.01. The summed E-state index contributed by atoms with van der Waals surface area (Å²) in [6.45, 7) is 7.19. The van der Waals surface area contributed by atoms with Crippen molar-refractivity contribution in [3.63, 3.8) is 0 Å². The van der Waals surface area contributed by atoms with Crippen LogP contribution in [0.25, 0.3) is 0 Å². The quantitative estimate of drug-likeness (QED) is 0.634. The van der Waals surface area contributed by atoms with E-state index in [9.17, 15) is 4.79 Å². The number of nitrogens with one attached hydrogen (secondary N) is 1. The van der Waals surface area contributed by atoms with Gasteiger partial charge >= 0.3 is 6.03 Å². The van der Waals surface area contributed by atoms with Crippen molar-refractivity contribution in [1.29, 1.82) is 0 Å². The lowest BCUT2D eigenvalue weighted by Crippen LogP contribution is -2.38. The Labute approximate surface area is 163 Å². The van der Waals surface area contributed by atoms with Gasteiger partial charge in [0, 0.05) is 22.7 Å². The maximum absolute atomic E-state index is 12.2. The number of hydrogen-bond donors (Lipinski definition) is 1. The number of halogens is 1. The van der Waals surface area contributed by atoms with Gasteiger partial charge in [-0.2, -0.15) is 0 Å². The molecule has 0 radical (unpaired) electrons. The number of aryl methyl sites for hydroxylation is 2. The number of benzene rings is 2. The van der Waals surface area contributed by atoms with E-state index in [1.54, 1.807) is 11.9 Å². The van der Waals surface area contributed by atoms with Crippen molar-refractivity contribution >= 4 is 34.3 Å². The van der Waals surface area contributed by atoms with Crippen LogP contribution in [0.4, 0.5) is 10.5 Å². The summed E-state index contributed by atoms with van der Waals surface area (Å²) in [5.74, 6) is 0.880. The summed E-state index contributed by atoms with van der Waals surface area (Å²) in [6, 6.07) is 12.1. The van der Waals surface area contributed by atoms with Crippen LogP contribution < -0.4 is 15.0 Å². The van der Waals surface area contributed by atoms with E-state index in [-0.39, 0.29) is 6.03 Å². The molecule has 134 valence electrons. The van der Waals surface area contributed by atoms with Crippen molar-refractivity contribution < 1.29 is 9.53 Å². The van der Waals surface area contributed by atoms with Crippen LogP contribution in [-0.4, -0.2) is 19.6 Å². The summed E-state index contributed by atoms with van der Waals surface area (Å²) >= 11 is 2.30. The molecule has 0 atom stereocenters. The van der Waals surface area contributed by atoms with Crippen LogP contribution in [-0.2, 0) is 13.0 Å². The number of carbonyl (C=O) groups is 1. The molecule has 0 fully saturated rings. The average Bonchev–Trinajstić information content (AvgIpc) is 2.62. The van der Waals surface area contributed by atoms with E-state index in [1.807, 2.05) is 31.2 Å². The summed E-state index contributed by atoms with van der Waals surface area (Å²) in [5.41, 5.74) is 4.34. The molecule has 2 rings (SSSR count). The van der Waals surface area contributed by atoms with Gasteiger partial charge in [0.25, 0.3) is 0 Å². The molecule has 2 amide bonds. The van der Waals surface area contributed by atoms with Gasteiger partial charge in [-0.15, -0.1) is 0 Å². The molecule has 0 unspecified atom stereocenters. The number of ether oxygens (including phenoxy) is 1. The van der Waals surface area contributed by atoms with Crippen LogP contribution >= 0.6 is 22.6 Å². The van der Waals surface area contributed by atoms with E-state index in [1.165, 1.54) is 5.56 Å². The van der Waals surface area contributed by atoms with Crippen molar-refractivity contribution in [1.82, 2.24) is 5.32 Å². The highest BCUT2D eigenvalue weighted by Gasteiger charge is 2.18. The second kappa shape index (κ2) is 9.08. The molecular formula is C20H25IN2O2. The molecule has 0 aliphatic carbocycles. The Bertz CT molecular complexity index is 746. The molecule has 1 N–H and O–H groups in total. The summed E-state index contributed by atoms with van der Waals surface area (Å²) in [7, 11) is 1.65. The number of amides is 2. The molecule has 2 aromatic rings. The molecule has 25 heavy (non-hydrogen) atoms. The van der Waals surface area contributed by atoms with E-state index >= 15 is 0 Å². The molecule has 0 heterocycles. The minimum Gasteiger partial charge on any atom is -0.489 e. The first-order valence-corrected chi connectivity index (χ1v) is 9.58. The van der Waals surface area contributed by atoms with Crippen LogP contribution in [0.5, 0.6) is 5.75 Å². The molecule has 0 aromatic heterocycles. The SMILES string of the molecule is CCc1ccc(OCc2c(I)cccc2N(CC)C(=O)NC)c(C)c1. The lowest BCUT2D eigenvalue weighted by molar-refractivity contribution is 0.248. The van der Waals surface area contributed by atoms with Crippen LogP contribution in [0.1, 0.15) is 30.5 Å². The number of nitrogens with zero attached hydrogens (tertiary/aromatic N) is 1. The van der Waals surface area contributed by atoms with E-state index in [2.05, 4.69) is 53.9 Å². The first-order chi connectivity index (χ1) is 12.0. The minimum atomic E-state index is -0.116. The first kappa shape index (κ1) is 19.6. The van der Waals surface area contributed by atoms with E-state index in [0.717, 1.165) is 32.6 Å². The van der Waals surface area contributed by atoms with Gasteiger partial charge in [-0.1, -0.05) is 25.1 Å². The van der Waals surface area contributed by atoms with Crippen LogP contribution in [0.3, 0.4) is 0 Å². The largest absolute Gasteiger partial charge is 0.489 e. The van der Waals surface area contributed by atoms with Crippen molar-refractivity contribution in [3.8, 4) is 5.75 Å². The summed E-state index contributed by atoms with van der Waals surface area (Å²) in [4.78, 5) is 13.9. The molecule has 0 bridgehead atoms. The summed E-state index contributed by atoms with van der Waals surface area (Å²) < 4.78 is 7.17. The number of rotatable bonds is 6. The van der Waals surface area contributed by atoms with Gasteiger partial charge in [0.15, 0.2) is 0 Å². The van der Waals surface area contributed by atoms with Crippen molar-refractivity contribution in [2.45, 2.75) is 33.8 Å². The standard InChI is InChI=1S/C20H25IN2O2/c1-5-15-10-11-19(14(3)12-15)25-13-16-17(21)8-7-9-18(16)23(6-2)20(24)22-4/h7-12H,5-6,13H2,1-4H3,(H,22,24). The predicted octanol–water partition coefficient (Wildman–Crippen LogP) is 4.91. The van der Waals surface area contributed by atoms with Crippen molar-refractivity contribution in [2.75, 3.05) is 18.5 Å². The van der Waals surface area contributed by atoms with E-state index < -0.39 is 0 Å². The highest BCUT2D eigenvalue weighted by molar-refractivity contribution is 14.1. The molecule has 0 aliphatic rings. The molecule has 0 spiro atoms. The molecule has 4 nitrogen and oxygen atoms in total. The fourth-order valence-corrected chi connectivity index (χ4v) is 3.38. The second-order valence-electron chi connectivity index (χ2n) is 5.78. The van der Waals surface area contributed by atoms with Crippen LogP contribution in [0.2, 0.25) is 0 Å². The third-order valence-electron chi connectivity index (χ3n) is 4.18. The number of hydrogen-bond acceptors (Lipinski definition) is 2. The average molecular weight is 452 g/mol. The Morgan fingerprint density at radius 2 is 2.00 bits per heavy atom. The maximum atomic E-state index is 12.2. The third-order valence-corrected chi connectivity index (χ3v) is 5.19. The van der Waals surface area contributed by atoms with Gasteiger partial charge in [0.2, 0.25) is 0 Å². The Balaban J connectivity index is 2.29. The lowest BCUT2D eigenvalue weighted by atomic mass is 10.1. The fourth-order valence-electron chi connectivity index (χ4n) is 2.74. The minimum absolute atomic E-state index is 0.116. The molecule has 5 heteroatoms. The number of urea groups is 1. The second-order valence-corrected chi connectivity index (χ2v) is 6.94. The molecular weight excluding hydrogens is 427 g/mol. The molecule has 0 saturated heterocycles. The molecule has 0 saturated carbocycles. The molecule has 2 aromatic carbocycles. The Morgan fingerprint density at radius 3 is 2.60 bits per heavy atom. The Hall–Kier alpha value is -1.76. The smallest absolute Gasteiger partial charge is 0.321 e. The maximum Gasteiger partial charge on any atom is 0.321 e. The first-order valence-electron chi connectivity index (χ1n) is 8.50. The predicted molar refractivity (Wildman–Crippen MR) is 112 cm³/mol. The zero-order chi connectivity index (χ0) is 18.4. The fraction of sp³-hybridized carbons (Fsp3) is 0.350. The highest BCUT2D eigenvalue weighted by Crippen LogP contribution is 2.28. The summed E-state index contributed by atoms with van der Waals surface area (Å²) in [5, 5.41) is 2.70. The third kappa shape index (κ3) is 4.66. The zero-order valence-electron chi connectivity index (χ0n) is 15.2. The van der Waals surface area contributed by atoms with E-state index in [0.29, 0.717) is 13.2 Å². The number of anilines is 1. The highest BCUT2D eigenvalue weighted by atomic mass is 127. The monoisotopic (exact) mass is 452 g/mol. The topological polar surface area (TPSA) is 41.6 Å². The van der Waals surface area contributed by atoms with Crippen LogP contribution in [0.15, 0.2) is 36.4 Å². The normalized spacial score (nSPS) is 10.4. The number of carbonyl (C=O) groups excluding carboxylic acids is 1. The Kier molecular flexibility index (Phi) is 7.11. The van der Waals surface area contributed by atoms with Gasteiger partial charge in [-0.25, -0.2) is 4.79 Å². The lowest BCUT2D eigenvalue weighted by Gasteiger charge is -2.24. The molecule has 0 aliphatic heterocycles. The van der Waals surface area contributed by atoms with E-state index in [4.69, 9.17) is 4.74 Å². The van der Waals surface area contributed by atoms with Crippen molar-refractivity contribution in [3.05, 3.63) is 56.7 Å². The van der Waals surface area contributed by atoms with Gasteiger partial charge in [0.05, 0.1) is 5.69 Å². The van der Waals surface area contributed by atoms with Gasteiger partial charge < -0.3 is 10.1 Å².